The zero-order valence-corrected chi connectivity index (χ0v) is 9.59. The summed E-state index contributed by atoms with van der Waals surface area (Å²) < 4.78 is 30.2. The van der Waals surface area contributed by atoms with Crippen molar-refractivity contribution in [3.8, 4) is 5.88 Å². The number of halogens is 3. The fourth-order valence-electron chi connectivity index (χ4n) is 1.04. The number of alkyl halides is 2. The van der Waals surface area contributed by atoms with Gasteiger partial charge < -0.3 is 10.5 Å². The van der Waals surface area contributed by atoms with Gasteiger partial charge in [-0.25, -0.2) is 13.8 Å². The van der Waals surface area contributed by atoms with E-state index < -0.39 is 6.43 Å². The van der Waals surface area contributed by atoms with Gasteiger partial charge in [-0.05, 0) is 22.6 Å². The molecule has 0 aliphatic carbocycles. The van der Waals surface area contributed by atoms with Crippen LogP contribution in [-0.4, -0.2) is 12.1 Å². The Balaban J connectivity index is 3.27. The van der Waals surface area contributed by atoms with Gasteiger partial charge in [-0.1, -0.05) is 0 Å². The maximum atomic E-state index is 12.5. The second-order valence-electron chi connectivity index (χ2n) is 2.52. The van der Waals surface area contributed by atoms with Crippen molar-refractivity contribution in [2.45, 2.75) is 13.0 Å². The van der Waals surface area contributed by atoms with Crippen molar-refractivity contribution in [3.05, 3.63) is 20.9 Å². The summed E-state index contributed by atoms with van der Waals surface area (Å²) in [5, 5.41) is 0. The molecule has 0 saturated heterocycles. The molecule has 0 fully saturated rings. The highest BCUT2D eigenvalue weighted by molar-refractivity contribution is 14.1. The molecule has 0 aliphatic heterocycles. The molecule has 1 heterocycles. The Kier molecular flexibility index (Phi) is 3.99. The van der Waals surface area contributed by atoms with Gasteiger partial charge in [0, 0.05) is 27.4 Å². The van der Waals surface area contributed by atoms with Gasteiger partial charge in [-0.2, -0.15) is 0 Å². The molecule has 0 saturated carbocycles. The van der Waals surface area contributed by atoms with Crippen LogP contribution in [0.1, 0.15) is 17.6 Å². The molecule has 0 spiro atoms. The summed E-state index contributed by atoms with van der Waals surface area (Å²) in [7, 11) is 1.43. The van der Waals surface area contributed by atoms with Gasteiger partial charge >= 0.3 is 0 Å². The van der Waals surface area contributed by atoms with Crippen LogP contribution in [0, 0.1) is 3.57 Å². The van der Waals surface area contributed by atoms with E-state index in [1.165, 1.54) is 7.11 Å². The van der Waals surface area contributed by atoms with E-state index in [1.807, 2.05) is 22.6 Å². The molecule has 2 N–H and O–H groups in total. The first-order valence-electron chi connectivity index (χ1n) is 3.81. The molecular weight excluding hydrogens is 305 g/mol. The summed E-state index contributed by atoms with van der Waals surface area (Å²) in [5.74, 6) is 0.307. The Labute approximate surface area is 93.8 Å². The second-order valence-corrected chi connectivity index (χ2v) is 3.60. The Bertz CT molecular complexity index is 333. The van der Waals surface area contributed by atoms with Crippen LogP contribution in [0.15, 0.2) is 6.20 Å². The standard InChI is InChI=1S/C8H9F2IN2O/c1-14-8-4(2-12)6(11)5(3-13-8)7(9)10/h3,7H,2,12H2,1H3. The number of hydrogen-bond donors (Lipinski definition) is 1. The van der Waals surface area contributed by atoms with Crippen molar-refractivity contribution in [3.63, 3.8) is 0 Å². The van der Waals surface area contributed by atoms with Crippen LogP contribution < -0.4 is 10.5 Å². The first-order valence-corrected chi connectivity index (χ1v) is 4.89. The Morgan fingerprint density at radius 3 is 2.71 bits per heavy atom. The van der Waals surface area contributed by atoms with Crippen LogP contribution in [0.3, 0.4) is 0 Å². The lowest BCUT2D eigenvalue weighted by molar-refractivity contribution is 0.149. The average molecular weight is 314 g/mol. The summed E-state index contributed by atoms with van der Waals surface area (Å²) >= 11 is 1.83. The number of pyridine rings is 1. The molecule has 78 valence electrons. The van der Waals surface area contributed by atoms with E-state index in [9.17, 15) is 8.78 Å². The molecule has 0 unspecified atom stereocenters. The second kappa shape index (κ2) is 4.83. The first-order chi connectivity index (χ1) is 6.61. The lowest BCUT2D eigenvalue weighted by Gasteiger charge is -2.10. The van der Waals surface area contributed by atoms with Crippen molar-refractivity contribution in [1.82, 2.24) is 4.98 Å². The lowest BCUT2D eigenvalue weighted by atomic mass is 10.2. The van der Waals surface area contributed by atoms with Gasteiger partial charge in [0.1, 0.15) is 0 Å². The lowest BCUT2D eigenvalue weighted by Crippen LogP contribution is -2.07. The SMILES string of the molecule is COc1ncc(C(F)F)c(I)c1CN. The normalized spacial score (nSPS) is 10.7. The molecule has 1 rings (SSSR count). The maximum Gasteiger partial charge on any atom is 0.266 e. The van der Waals surface area contributed by atoms with E-state index >= 15 is 0 Å². The van der Waals surface area contributed by atoms with E-state index in [1.54, 1.807) is 0 Å². The fraction of sp³-hybridized carbons (Fsp3) is 0.375. The van der Waals surface area contributed by atoms with Crippen molar-refractivity contribution < 1.29 is 13.5 Å². The summed E-state index contributed by atoms with van der Waals surface area (Å²) in [6.45, 7) is 0.134. The van der Waals surface area contributed by atoms with Gasteiger partial charge in [-0.3, -0.25) is 0 Å². The molecule has 14 heavy (non-hydrogen) atoms. The molecule has 0 bridgehead atoms. The maximum absolute atomic E-state index is 12.5. The smallest absolute Gasteiger partial charge is 0.266 e. The van der Waals surface area contributed by atoms with Gasteiger partial charge in [0.15, 0.2) is 0 Å². The Morgan fingerprint density at radius 1 is 1.64 bits per heavy atom. The fourth-order valence-corrected chi connectivity index (χ4v) is 1.86. The molecule has 1 aromatic heterocycles. The Hall–Kier alpha value is -0.500. The van der Waals surface area contributed by atoms with Crippen molar-refractivity contribution >= 4 is 22.6 Å². The van der Waals surface area contributed by atoms with Gasteiger partial charge in [0.2, 0.25) is 5.88 Å². The molecule has 3 nitrogen and oxygen atoms in total. The minimum Gasteiger partial charge on any atom is -0.481 e. The summed E-state index contributed by atoms with van der Waals surface area (Å²) in [6.07, 6.45) is -1.42. The van der Waals surface area contributed by atoms with Crippen molar-refractivity contribution in [2.24, 2.45) is 5.73 Å². The molecule has 6 heteroatoms. The largest absolute Gasteiger partial charge is 0.481 e. The van der Waals surface area contributed by atoms with Crippen LogP contribution in [0.2, 0.25) is 0 Å². The summed E-state index contributed by atoms with van der Waals surface area (Å²) in [6, 6.07) is 0. The number of rotatable bonds is 3. The number of nitrogens with two attached hydrogens (primary N) is 1. The number of aromatic nitrogens is 1. The Morgan fingerprint density at radius 2 is 2.29 bits per heavy atom. The van der Waals surface area contributed by atoms with E-state index in [4.69, 9.17) is 10.5 Å². The third-order valence-corrected chi connectivity index (χ3v) is 3.00. The molecule has 0 radical (unpaired) electrons. The predicted molar refractivity (Wildman–Crippen MR) is 56.4 cm³/mol. The van der Waals surface area contributed by atoms with Crippen LogP contribution >= 0.6 is 22.6 Å². The molecule has 0 amide bonds. The average Bonchev–Trinajstić information content (AvgIpc) is 2.16. The van der Waals surface area contributed by atoms with Crippen LogP contribution in [0.25, 0.3) is 0 Å². The first kappa shape index (κ1) is 11.6. The molecule has 0 aliphatic rings. The topological polar surface area (TPSA) is 48.1 Å². The zero-order valence-electron chi connectivity index (χ0n) is 7.43. The zero-order chi connectivity index (χ0) is 10.7. The van der Waals surface area contributed by atoms with E-state index in [0.29, 0.717) is 15.0 Å². The molecule has 0 atom stereocenters. The van der Waals surface area contributed by atoms with Gasteiger partial charge in [-0.15, -0.1) is 0 Å². The highest BCUT2D eigenvalue weighted by Gasteiger charge is 2.17. The minimum absolute atomic E-state index is 0.105. The monoisotopic (exact) mass is 314 g/mol. The summed E-state index contributed by atoms with van der Waals surface area (Å²) in [4.78, 5) is 3.76. The number of nitrogens with zero attached hydrogens (tertiary/aromatic N) is 1. The molecule has 1 aromatic rings. The van der Waals surface area contributed by atoms with E-state index in [-0.39, 0.29) is 12.1 Å². The van der Waals surface area contributed by atoms with Crippen molar-refractivity contribution in [2.75, 3.05) is 7.11 Å². The van der Waals surface area contributed by atoms with Crippen LogP contribution in [0.4, 0.5) is 8.78 Å². The van der Waals surface area contributed by atoms with Crippen molar-refractivity contribution in [1.29, 1.82) is 0 Å². The quantitative estimate of drug-likeness (QED) is 0.869. The third-order valence-electron chi connectivity index (χ3n) is 1.73. The number of methoxy groups -OCH3 is 1. The number of ether oxygens (including phenoxy) is 1. The minimum atomic E-state index is -2.54. The highest BCUT2D eigenvalue weighted by atomic mass is 127. The molecular formula is C8H9F2IN2O. The van der Waals surface area contributed by atoms with Crippen LogP contribution in [-0.2, 0) is 6.54 Å². The number of hydrogen-bond acceptors (Lipinski definition) is 3. The highest BCUT2D eigenvalue weighted by Crippen LogP contribution is 2.30. The van der Waals surface area contributed by atoms with Gasteiger partial charge in [0.05, 0.1) is 7.11 Å². The van der Waals surface area contributed by atoms with Gasteiger partial charge in [0.25, 0.3) is 6.43 Å². The molecule has 0 aromatic carbocycles. The van der Waals surface area contributed by atoms with E-state index in [2.05, 4.69) is 4.98 Å². The van der Waals surface area contributed by atoms with Crippen LogP contribution in [0.5, 0.6) is 5.88 Å². The summed E-state index contributed by atoms with van der Waals surface area (Å²) in [5.41, 5.74) is 5.84. The third kappa shape index (κ3) is 2.11. The van der Waals surface area contributed by atoms with E-state index in [0.717, 1.165) is 6.20 Å². The predicted octanol–water partition coefficient (Wildman–Crippen LogP) is 2.09.